The van der Waals surface area contributed by atoms with Gasteiger partial charge in [-0.2, -0.15) is 5.26 Å². The number of pyridine rings is 1. The summed E-state index contributed by atoms with van der Waals surface area (Å²) in [6.45, 7) is 1.71. The third-order valence-electron chi connectivity index (χ3n) is 4.98. The molecule has 0 atom stereocenters. The second-order valence-corrected chi connectivity index (χ2v) is 6.86. The number of benzene rings is 3. The van der Waals surface area contributed by atoms with Crippen molar-refractivity contribution in [1.29, 1.82) is 5.26 Å². The van der Waals surface area contributed by atoms with Crippen LogP contribution in [0.15, 0.2) is 87.8 Å². The van der Waals surface area contributed by atoms with Crippen molar-refractivity contribution < 1.29 is 5.11 Å². The molecule has 6 heteroatoms. The van der Waals surface area contributed by atoms with Crippen LogP contribution in [0.5, 0.6) is 5.88 Å². The Morgan fingerprint density at radius 3 is 2.43 bits per heavy atom. The lowest BCUT2D eigenvalue weighted by atomic mass is 10.1. The predicted octanol–water partition coefficient (Wildman–Crippen LogP) is 5.35. The van der Waals surface area contributed by atoms with Crippen LogP contribution in [0.1, 0.15) is 16.7 Å². The number of aromatic nitrogens is 1. The van der Waals surface area contributed by atoms with E-state index < -0.39 is 5.56 Å². The second kappa shape index (κ2) is 8.02. The Kier molecular flexibility index (Phi) is 5.10. The first-order chi connectivity index (χ1) is 14.6. The van der Waals surface area contributed by atoms with Gasteiger partial charge in [-0.1, -0.05) is 66.7 Å². The van der Waals surface area contributed by atoms with Crippen LogP contribution >= 0.6 is 0 Å². The van der Waals surface area contributed by atoms with E-state index in [0.717, 1.165) is 20.9 Å². The van der Waals surface area contributed by atoms with Crippen molar-refractivity contribution in [2.75, 3.05) is 0 Å². The summed E-state index contributed by atoms with van der Waals surface area (Å²) in [4.78, 5) is 13.1. The van der Waals surface area contributed by atoms with Gasteiger partial charge in [-0.05, 0) is 23.9 Å². The number of azo groups is 1. The van der Waals surface area contributed by atoms with Gasteiger partial charge >= 0.3 is 0 Å². The average molecular weight is 394 g/mol. The van der Waals surface area contributed by atoms with Crippen LogP contribution in [0, 0.1) is 18.3 Å². The smallest absolute Gasteiger partial charge is 0.281 e. The van der Waals surface area contributed by atoms with Crippen molar-refractivity contribution in [1.82, 2.24) is 4.57 Å². The van der Waals surface area contributed by atoms with E-state index in [1.807, 2.05) is 78.9 Å². The highest BCUT2D eigenvalue weighted by atomic mass is 16.3. The summed E-state index contributed by atoms with van der Waals surface area (Å²) in [6, 6.07) is 24.6. The predicted molar refractivity (Wildman–Crippen MR) is 115 cm³/mol. The highest BCUT2D eigenvalue weighted by Crippen LogP contribution is 2.30. The number of rotatable bonds is 4. The van der Waals surface area contributed by atoms with Gasteiger partial charge < -0.3 is 5.11 Å². The molecule has 0 radical (unpaired) electrons. The molecule has 4 rings (SSSR count). The highest BCUT2D eigenvalue weighted by Gasteiger charge is 2.19. The van der Waals surface area contributed by atoms with Crippen molar-refractivity contribution in [3.05, 3.63) is 99.8 Å². The summed E-state index contributed by atoms with van der Waals surface area (Å²) in [5.74, 6) is -0.368. The molecule has 0 fully saturated rings. The van der Waals surface area contributed by atoms with E-state index in [1.165, 1.54) is 0 Å². The van der Waals surface area contributed by atoms with Gasteiger partial charge in [0.15, 0.2) is 5.69 Å². The van der Waals surface area contributed by atoms with Crippen LogP contribution in [0.25, 0.3) is 10.8 Å². The maximum atomic E-state index is 13.1. The zero-order chi connectivity index (χ0) is 21.1. The van der Waals surface area contributed by atoms with Crippen molar-refractivity contribution in [3.8, 4) is 11.9 Å². The second-order valence-electron chi connectivity index (χ2n) is 6.86. The third kappa shape index (κ3) is 3.45. The molecule has 3 aromatic carbocycles. The molecule has 0 amide bonds. The van der Waals surface area contributed by atoms with E-state index >= 15 is 0 Å². The molecule has 4 aromatic rings. The van der Waals surface area contributed by atoms with E-state index in [1.54, 1.807) is 6.92 Å². The Labute approximate surface area is 173 Å². The number of hydrogen-bond acceptors (Lipinski definition) is 5. The van der Waals surface area contributed by atoms with Crippen molar-refractivity contribution in [2.45, 2.75) is 13.5 Å². The van der Waals surface area contributed by atoms with Gasteiger partial charge in [0.2, 0.25) is 5.88 Å². The van der Waals surface area contributed by atoms with Crippen molar-refractivity contribution in [2.24, 2.45) is 10.2 Å². The molecule has 0 aliphatic carbocycles. The molecule has 0 bridgehead atoms. The molecule has 0 saturated carbocycles. The molecule has 1 N–H and O–H groups in total. The molecule has 0 spiro atoms. The lowest BCUT2D eigenvalue weighted by molar-refractivity contribution is 0.412. The zero-order valence-corrected chi connectivity index (χ0v) is 16.3. The topological polar surface area (TPSA) is 90.7 Å². The molecule has 146 valence electrons. The minimum absolute atomic E-state index is 0.0115. The quantitative estimate of drug-likeness (QED) is 0.473. The first-order valence-corrected chi connectivity index (χ1v) is 9.40. The molecular weight excluding hydrogens is 376 g/mol. The van der Waals surface area contributed by atoms with Crippen molar-refractivity contribution >= 4 is 22.1 Å². The fourth-order valence-electron chi connectivity index (χ4n) is 3.37. The Hall–Kier alpha value is -4.24. The summed E-state index contributed by atoms with van der Waals surface area (Å²) < 4.78 is 1.15. The van der Waals surface area contributed by atoms with E-state index in [2.05, 4.69) is 10.2 Å². The first-order valence-electron chi connectivity index (χ1n) is 9.40. The van der Waals surface area contributed by atoms with E-state index in [4.69, 9.17) is 0 Å². The fraction of sp³-hybridized carbons (Fsp3) is 0.0833. The summed E-state index contributed by atoms with van der Waals surface area (Å²) in [5, 5.41) is 30.5. The Morgan fingerprint density at radius 1 is 0.967 bits per heavy atom. The monoisotopic (exact) mass is 394 g/mol. The van der Waals surface area contributed by atoms with E-state index in [0.29, 0.717) is 11.3 Å². The van der Waals surface area contributed by atoms with Crippen LogP contribution in [0.2, 0.25) is 0 Å². The first kappa shape index (κ1) is 19.1. The van der Waals surface area contributed by atoms with Gasteiger partial charge in [0.05, 0.1) is 12.2 Å². The van der Waals surface area contributed by atoms with Crippen LogP contribution < -0.4 is 5.56 Å². The zero-order valence-electron chi connectivity index (χ0n) is 16.3. The van der Waals surface area contributed by atoms with Crippen LogP contribution in [-0.4, -0.2) is 9.67 Å². The van der Waals surface area contributed by atoms with Gasteiger partial charge in [-0.15, -0.1) is 10.2 Å². The molecule has 1 heterocycles. The van der Waals surface area contributed by atoms with Gasteiger partial charge in [0.25, 0.3) is 5.56 Å². The van der Waals surface area contributed by atoms with Gasteiger partial charge in [-0.25, -0.2) is 0 Å². The Morgan fingerprint density at radius 2 is 1.67 bits per heavy atom. The van der Waals surface area contributed by atoms with Gasteiger partial charge in [0.1, 0.15) is 11.6 Å². The minimum atomic E-state index is -0.503. The number of aromatic hydroxyl groups is 1. The maximum Gasteiger partial charge on any atom is 0.281 e. The maximum absolute atomic E-state index is 13.1. The summed E-state index contributed by atoms with van der Waals surface area (Å²) in [7, 11) is 0. The number of hydrogen-bond donors (Lipinski definition) is 1. The molecule has 0 saturated heterocycles. The standard InChI is InChI=1S/C24H18N4O2/c1-16-20(14-25)23(29)28(15-17-8-3-2-4-9-17)24(30)22(16)27-26-21-13-7-11-18-10-5-6-12-19(18)21/h2-13,29H,15H2,1H3. The Balaban J connectivity index is 1.85. The van der Waals surface area contributed by atoms with E-state index in [-0.39, 0.29) is 23.7 Å². The number of nitriles is 1. The van der Waals surface area contributed by atoms with E-state index in [9.17, 15) is 15.2 Å². The molecule has 0 unspecified atom stereocenters. The molecular formula is C24H18N4O2. The Bertz CT molecular complexity index is 1360. The number of nitrogens with zero attached hydrogens (tertiary/aromatic N) is 4. The fourth-order valence-corrected chi connectivity index (χ4v) is 3.37. The summed E-state index contributed by atoms with van der Waals surface area (Å²) >= 11 is 0. The van der Waals surface area contributed by atoms with Gasteiger partial charge in [-0.3, -0.25) is 9.36 Å². The average Bonchev–Trinajstić information content (AvgIpc) is 2.78. The normalized spacial score (nSPS) is 11.1. The summed E-state index contributed by atoms with van der Waals surface area (Å²) in [5.41, 5.74) is 1.28. The third-order valence-corrected chi connectivity index (χ3v) is 4.98. The van der Waals surface area contributed by atoms with Crippen LogP contribution in [0.4, 0.5) is 11.4 Å². The summed E-state index contributed by atoms with van der Waals surface area (Å²) in [6.07, 6.45) is 0. The van der Waals surface area contributed by atoms with Crippen LogP contribution in [-0.2, 0) is 6.54 Å². The molecule has 0 aliphatic rings. The van der Waals surface area contributed by atoms with Gasteiger partial charge in [0, 0.05) is 10.9 Å². The van der Waals surface area contributed by atoms with Crippen LogP contribution in [0.3, 0.4) is 0 Å². The lowest BCUT2D eigenvalue weighted by Gasteiger charge is -2.13. The van der Waals surface area contributed by atoms with Crippen molar-refractivity contribution in [3.63, 3.8) is 0 Å². The SMILES string of the molecule is Cc1c(C#N)c(O)n(Cc2ccccc2)c(=O)c1N=Nc1cccc2ccccc12. The number of fused-ring (bicyclic) bond motifs is 1. The molecule has 30 heavy (non-hydrogen) atoms. The molecule has 1 aromatic heterocycles. The molecule has 0 aliphatic heterocycles. The minimum Gasteiger partial charge on any atom is -0.493 e. The lowest BCUT2D eigenvalue weighted by Crippen LogP contribution is -2.22. The highest BCUT2D eigenvalue weighted by molar-refractivity contribution is 5.92. The molecule has 6 nitrogen and oxygen atoms in total. The largest absolute Gasteiger partial charge is 0.493 e.